The fraction of sp³-hybridized carbons (Fsp3) is 0.375. The van der Waals surface area contributed by atoms with Crippen LogP contribution in [0.15, 0.2) is 30.5 Å². The molecule has 2 N–H and O–H groups in total. The lowest BCUT2D eigenvalue weighted by Crippen LogP contribution is -2.42. The summed E-state index contributed by atoms with van der Waals surface area (Å²) in [5, 5.41) is 13.5. The van der Waals surface area contributed by atoms with Crippen molar-refractivity contribution in [1.82, 2.24) is 9.88 Å². The first kappa shape index (κ1) is 14.9. The number of carbonyl (C=O) groups is 2. The summed E-state index contributed by atoms with van der Waals surface area (Å²) < 4.78 is 2.06. The zero-order valence-corrected chi connectivity index (χ0v) is 12.7. The van der Waals surface area contributed by atoms with E-state index < -0.39 is 5.97 Å². The molecule has 3 rings (SSSR count). The van der Waals surface area contributed by atoms with E-state index in [1.807, 2.05) is 30.5 Å². The number of amides is 1. The summed E-state index contributed by atoms with van der Waals surface area (Å²) in [6, 6.07) is 7.71. The Morgan fingerprint density at radius 3 is 2.77 bits per heavy atom. The molecule has 0 bridgehead atoms. The zero-order chi connectivity index (χ0) is 15.7. The van der Waals surface area contributed by atoms with Gasteiger partial charge in [-0.1, -0.05) is 11.6 Å². The molecular weight excluding hydrogens is 304 g/mol. The maximum Gasteiger partial charge on any atom is 0.306 e. The van der Waals surface area contributed by atoms with E-state index in [1.165, 1.54) is 0 Å². The van der Waals surface area contributed by atoms with Crippen molar-refractivity contribution in [1.29, 1.82) is 0 Å². The van der Waals surface area contributed by atoms with Crippen LogP contribution in [0.3, 0.4) is 0 Å². The second-order valence-corrected chi connectivity index (χ2v) is 6.14. The van der Waals surface area contributed by atoms with Crippen molar-refractivity contribution in [2.75, 3.05) is 6.54 Å². The van der Waals surface area contributed by atoms with Gasteiger partial charge in [-0.3, -0.25) is 9.59 Å². The van der Waals surface area contributed by atoms with E-state index in [4.69, 9.17) is 16.7 Å². The molecule has 1 heterocycles. The maximum atomic E-state index is 11.9. The van der Waals surface area contributed by atoms with Gasteiger partial charge in [0.05, 0.1) is 5.92 Å². The Hall–Kier alpha value is -2.01. The molecule has 6 heteroatoms. The summed E-state index contributed by atoms with van der Waals surface area (Å²) in [7, 11) is 0. The van der Waals surface area contributed by atoms with E-state index in [-0.39, 0.29) is 17.7 Å². The Bertz CT molecular complexity index is 719. The first-order valence-electron chi connectivity index (χ1n) is 7.29. The summed E-state index contributed by atoms with van der Waals surface area (Å²) in [4.78, 5) is 22.6. The Morgan fingerprint density at radius 1 is 1.27 bits per heavy atom. The molecule has 0 unspecified atom stereocenters. The molecule has 0 radical (unpaired) electrons. The lowest BCUT2D eigenvalue weighted by atomic mass is 9.74. The fourth-order valence-corrected chi connectivity index (χ4v) is 3.02. The van der Waals surface area contributed by atoms with Gasteiger partial charge >= 0.3 is 5.97 Å². The van der Waals surface area contributed by atoms with Crippen molar-refractivity contribution in [2.45, 2.75) is 19.4 Å². The number of carboxylic acid groups (broad SMARTS) is 1. The van der Waals surface area contributed by atoms with Crippen molar-refractivity contribution >= 4 is 34.4 Å². The molecule has 1 amide bonds. The van der Waals surface area contributed by atoms with Crippen LogP contribution in [0, 0.1) is 11.8 Å². The first-order chi connectivity index (χ1) is 10.5. The van der Waals surface area contributed by atoms with Crippen LogP contribution in [0.5, 0.6) is 0 Å². The smallest absolute Gasteiger partial charge is 0.306 e. The van der Waals surface area contributed by atoms with Gasteiger partial charge in [-0.2, -0.15) is 0 Å². The van der Waals surface area contributed by atoms with E-state index in [0.29, 0.717) is 31.0 Å². The highest BCUT2D eigenvalue weighted by molar-refractivity contribution is 6.31. The minimum absolute atomic E-state index is 0.0444. The van der Waals surface area contributed by atoms with E-state index in [9.17, 15) is 9.59 Å². The van der Waals surface area contributed by atoms with Gasteiger partial charge in [-0.15, -0.1) is 0 Å². The second-order valence-electron chi connectivity index (χ2n) is 5.71. The van der Waals surface area contributed by atoms with Gasteiger partial charge in [0.25, 0.3) is 0 Å². The molecule has 2 aromatic rings. The fourth-order valence-electron chi connectivity index (χ4n) is 2.84. The van der Waals surface area contributed by atoms with E-state index in [1.54, 1.807) is 0 Å². The highest BCUT2D eigenvalue weighted by Gasteiger charge is 2.38. The molecule has 0 aliphatic heterocycles. The molecule has 1 aliphatic carbocycles. The summed E-state index contributed by atoms with van der Waals surface area (Å²) >= 11 is 5.96. The third-order valence-corrected chi connectivity index (χ3v) is 4.48. The molecule has 1 aromatic heterocycles. The molecular formula is C16H17ClN2O3. The van der Waals surface area contributed by atoms with Gasteiger partial charge < -0.3 is 15.0 Å². The number of hydrogen-bond donors (Lipinski definition) is 2. The van der Waals surface area contributed by atoms with Gasteiger partial charge in [0.15, 0.2) is 0 Å². The lowest BCUT2D eigenvalue weighted by molar-refractivity contribution is -0.148. The molecule has 5 nitrogen and oxygen atoms in total. The highest BCUT2D eigenvalue weighted by atomic mass is 35.5. The third-order valence-electron chi connectivity index (χ3n) is 4.24. The van der Waals surface area contributed by atoms with Gasteiger partial charge in [0.1, 0.15) is 0 Å². The van der Waals surface area contributed by atoms with Crippen molar-refractivity contribution in [3.05, 3.63) is 35.5 Å². The average Bonchev–Trinajstić information content (AvgIpc) is 2.79. The Balaban J connectivity index is 1.50. The van der Waals surface area contributed by atoms with Crippen molar-refractivity contribution in [2.24, 2.45) is 11.8 Å². The lowest BCUT2D eigenvalue weighted by Gasteiger charge is -2.30. The van der Waals surface area contributed by atoms with Crippen LogP contribution in [-0.2, 0) is 16.1 Å². The van der Waals surface area contributed by atoms with Crippen molar-refractivity contribution in [3.8, 4) is 0 Å². The molecule has 116 valence electrons. The summed E-state index contributed by atoms with van der Waals surface area (Å²) in [6.07, 6.45) is 2.87. The highest BCUT2D eigenvalue weighted by Crippen LogP contribution is 2.33. The van der Waals surface area contributed by atoms with E-state index in [2.05, 4.69) is 9.88 Å². The van der Waals surface area contributed by atoms with Crippen LogP contribution in [0.1, 0.15) is 12.8 Å². The third kappa shape index (κ3) is 2.95. The number of benzene rings is 1. The normalized spacial score (nSPS) is 20.6. The van der Waals surface area contributed by atoms with Gasteiger partial charge in [0, 0.05) is 41.1 Å². The molecule has 1 aliphatic rings. The molecule has 0 saturated heterocycles. The number of fused-ring (bicyclic) bond motifs is 1. The van der Waals surface area contributed by atoms with Crippen LogP contribution in [0.4, 0.5) is 0 Å². The maximum absolute atomic E-state index is 11.9. The quantitative estimate of drug-likeness (QED) is 0.889. The number of carboxylic acids is 1. The molecule has 1 fully saturated rings. The largest absolute Gasteiger partial charge is 0.481 e. The first-order valence-corrected chi connectivity index (χ1v) is 7.67. The topological polar surface area (TPSA) is 71.3 Å². The Kier molecular flexibility index (Phi) is 4.07. The predicted octanol–water partition coefficient (Wildman–Crippen LogP) is 2.52. The van der Waals surface area contributed by atoms with Crippen LogP contribution in [0.2, 0.25) is 5.02 Å². The van der Waals surface area contributed by atoms with E-state index in [0.717, 1.165) is 10.9 Å². The van der Waals surface area contributed by atoms with Crippen LogP contribution >= 0.6 is 11.6 Å². The molecule has 1 saturated carbocycles. The molecule has 1 aromatic carbocycles. The number of carbonyl (C=O) groups excluding carboxylic acids is 1. The Labute approximate surface area is 132 Å². The minimum atomic E-state index is -0.804. The van der Waals surface area contributed by atoms with Crippen LogP contribution in [0.25, 0.3) is 10.9 Å². The van der Waals surface area contributed by atoms with Gasteiger partial charge in [-0.25, -0.2) is 0 Å². The average molecular weight is 321 g/mol. The SMILES string of the molecule is O=C(O)C1CC(C(=O)NCCn2ccc3cc(Cl)ccc32)C1. The van der Waals surface area contributed by atoms with Crippen LogP contribution in [-0.4, -0.2) is 28.1 Å². The number of nitrogens with zero attached hydrogens (tertiary/aromatic N) is 1. The predicted molar refractivity (Wildman–Crippen MR) is 83.8 cm³/mol. The monoisotopic (exact) mass is 320 g/mol. The van der Waals surface area contributed by atoms with Gasteiger partial charge in [0.2, 0.25) is 5.91 Å². The van der Waals surface area contributed by atoms with Crippen molar-refractivity contribution in [3.63, 3.8) is 0 Å². The minimum Gasteiger partial charge on any atom is -0.481 e. The van der Waals surface area contributed by atoms with Crippen molar-refractivity contribution < 1.29 is 14.7 Å². The second kappa shape index (κ2) is 6.01. The molecule has 0 atom stereocenters. The summed E-state index contributed by atoms with van der Waals surface area (Å²) in [5.74, 6) is -1.35. The summed E-state index contributed by atoms with van der Waals surface area (Å²) in [6.45, 7) is 1.20. The number of rotatable bonds is 5. The number of halogens is 1. The number of hydrogen-bond acceptors (Lipinski definition) is 2. The molecule has 22 heavy (non-hydrogen) atoms. The zero-order valence-electron chi connectivity index (χ0n) is 12.0. The van der Waals surface area contributed by atoms with Crippen LogP contribution < -0.4 is 5.32 Å². The number of aromatic nitrogens is 1. The van der Waals surface area contributed by atoms with Gasteiger partial charge in [-0.05, 0) is 37.1 Å². The standard InChI is InChI=1S/C16H17ClN2O3/c17-13-1-2-14-10(9-13)3-5-19(14)6-4-18-15(20)11-7-12(8-11)16(21)22/h1-3,5,9,11-12H,4,6-8H2,(H,18,20)(H,21,22). The van der Waals surface area contributed by atoms with E-state index >= 15 is 0 Å². The number of aliphatic carboxylic acids is 1. The molecule has 0 spiro atoms. The summed E-state index contributed by atoms with van der Waals surface area (Å²) in [5.41, 5.74) is 1.08. The number of nitrogens with one attached hydrogen (secondary N) is 1. The Morgan fingerprint density at radius 2 is 2.05 bits per heavy atom.